The van der Waals surface area contributed by atoms with Crippen molar-refractivity contribution in [1.29, 1.82) is 0 Å². The topological polar surface area (TPSA) is 74.4 Å². The van der Waals surface area contributed by atoms with Crippen molar-refractivity contribution < 1.29 is 18.7 Å². The number of ether oxygens (including phenoxy) is 1. The fraction of sp³-hybridized carbons (Fsp3) is 0.226. The molecule has 0 bridgehead atoms. The fourth-order valence-corrected chi connectivity index (χ4v) is 4.78. The summed E-state index contributed by atoms with van der Waals surface area (Å²) >= 11 is 0. The van der Waals surface area contributed by atoms with Crippen LogP contribution in [0.1, 0.15) is 40.5 Å². The number of carbonyl (C=O) groups is 2. The van der Waals surface area contributed by atoms with E-state index in [0.717, 1.165) is 29.7 Å². The molecule has 0 spiro atoms. The molecule has 38 heavy (non-hydrogen) atoms. The van der Waals surface area contributed by atoms with Crippen molar-refractivity contribution in [2.24, 2.45) is 0 Å². The van der Waals surface area contributed by atoms with E-state index in [1.54, 1.807) is 24.3 Å². The van der Waals surface area contributed by atoms with Crippen LogP contribution in [-0.4, -0.2) is 36.1 Å². The molecule has 0 aliphatic carbocycles. The van der Waals surface area contributed by atoms with E-state index in [4.69, 9.17) is 4.74 Å². The number of aromatic amines is 1. The number of aryl methyl sites for hydroxylation is 1. The SMILES string of the molecule is Cc1cccc(N(C(=O)c2ccc(-c3ccccc3)[nH]2)[C@@H](C(=O)NC[C@H]2CCCO2)c2ccc(F)cc2)c1. The summed E-state index contributed by atoms with van der Waals surface area (Å²) in [5.74, 6) is -1.16. The molecule has 2 heterocycles. The minimum Gasteiger partial charge on any atom is -0.376 e. The molecule has 2 amide bonds. The second-order valence-electron chi connectivity index (χ2n) is 9.50. The highest BCUT2D eigenvalue weighted by molar-refractivity contribution is 6.09. The molecule has 2 atom stereocenters. The Kier molecular flexibility index (Phi) is 7.65. The van der Waals surface area contributed by atoms with Crippen LogP contribution in [0.15, 0.2) is 91.0 Å². The summed E-state index contributed by atoms with van der Waals surface area (Å²) in [6.45, 7) is 2.94. The summed E-state index contributed by atoms with van der Waals surface area (Å²) in [4.78, 5) is 32.6. The summed E-state index contributed by atoms with van der Waals surface area (Å²) in [6, 6.07) is 25.4. The summed E-state index contributed by atoms with van der Waals surface area (Å²) in [5.41, 5.74) is 4.07. The minimum absolute atomic E-state index is 0.0622. The van der Waals surface area contributed by atoms with Gasteiger partial charge in [-0.05, 0) is 72.9 Å². The number of rotatable bonds is 8. The van der Waals surface area contributed by atoms with Crippen molar-refractivity contribution in [2.75, 3.05) is 18.1 Å². The van der Waals surface area contributed by atoms with Crippen molar-refractivity contribution in [3.8, 4) is 11.3 Å². The second kappa shape index (κ2) is 11.4. The predicted octanol–water partition coefficient (Wildman–Crippen LogP) is 5.81. The Bertz CT molecular complexity index is 1400. The zero-order valence-electron chi connectivity index (χ0n) is 21.2. The molecule has 0 unspecified atom stereocenters. The van der Waals surface area contributed by atoms with Gasteiger partial charge < -0.3 is 15.0 Å². The van der Waals surface area contributed by atoms with Gasteiger partial charge in [0.05, 0.1) is 6.10 Å². The number of anilines is 1. The fourth-order valence-electron chi connectivity index (χ4n) is 4.78. The van der Waals surface area contributed by atoms with Gasteiger partial charge in [0.25, 0.3) is 5.91 Å². The molecule has 2 N–H and O–H groups in total. The summed E-state index contributed by atoms with van der Waals surface area (Å²) in [7, 11) is 0. The van der Waals surface area contributed by atoms with Gasteiger partial charge in [0.1, 0.15) is 17.6 Å². The first-order valence-electron chi connectivity index (χ1n) is 12.8. The van der Waals surface area contributed by atoms with E-state index in [1.165, 1.54) is 17.0 Å². The first-order chi connectivity index (χ1) is 18.5. The Balaban J connectivity index is 1.55. The van der Waals surface area contributed by atoms with Gasteiger partial charge in [0, 0.05) is 24.5 Å². The van der Waals surface area contributed by atoms with Gasteiger partial charge in [-0.15, -0.1) is 0 Å². The van der Waals surface area contributed by atoms with Crippen LogP contribution in [0.4, 0.5) is 10.1 Å². The van der Waals surface area contributed by atoms with E-state index in [1.807, 2.05) is 61.5 Å². The molecule has 1 aliphatic rings. The molecule has 7 heteroatoms. The third kappa shape index (κ3) is 5.68. The molecule has 5 rings (SSSR count). The average Bonchev–Trinajstić information content (AvgIpc) is 3.64. The van der Waals surface area contributed by atoms with Crippen molar-refractivity contribution in [3.05, 3.63) is 114 Å². The second-order valence-corrected chi connectivity index (χ2v) is 9.50. The standard InChI is InChI=1S/C31H30FN3O3/c1-21-7-5-10-25(19-21)35(31(37)28-17-16-27(34-28)22-8-3-2-4-9-22)29(23-12-14-24(32)15-13-23)30(36)33-20-26-11-6-18-38-26/h2-5,7-10,12-17,19,26,29,34H,6,11,18,20H2,1H3,(H,33,36)/t26-,29-/m1/s1. The Labute approximate surface area is 221 Å². The lowest BCUT2D eigenvalue weighted by Crippen LogP contribution is -2.45. The maximum atomic E-state index is 14.2. The first-order valence-corrected chi connectivity index (χ1v) is 12.8. The molecule has 6 nitrogen and oxygen atoms in total. The molecule has 1 fully saturated rings. The Hall–Kier alpha value is -4.23. The van der Waals surface area contributed by atoms with Crippen LogP contribution in [0.3, 0.4) is 0 Å². The number of H-pyrrole nitrogens is 1. The molecule has 3 aromatic carbocycles. The number of halogens is 1. The van der Waals surface area contributed by atoms with Crippen LogP contribution in [0.25, 0.3) is 11.3 Å². The number of aromatic nitrogens is 1. The lowest BCUT2D eigenvalue weighted by Gasteiger charge is -2.31. The molecule has 4 aromatic rings. The van der Waals surface area contributed by atoms with Crippen LogP contribution in [0, 0.1) is 12.7 Å². The number of benzene rings is 3. The summed E-state index contributed by atoms with van der Waals surface area (Å²) in [6.07, 6.45) is 1.76. The van der Waals surface area contributed by atoms with Crippen LogP contribution >= 0.6 is 0 Å². The highest BCUT2D eigenvalue weighted by Gasteiger charge is 2.34. The van der Waals surface area contributed by atoms with Gasteiger partial charge >= 0.3 is 0 Å². The monoisotopic (exact) mass is 511 g/mol. The van der Waals surface area contributed by atoms with Gasteiger partial charge in [0.2, 0.25) is 5.91 Å². The molecule has 1 saturated heterocycles. The third-order valence-electron chi connectivity index (χ3n) is 6.72. The van der Waals surface area contributed by atoms with Crippen LogP contribution < -0.4 is 10.2 Å². The molecule has 1 aliphatic heterocycles. The summed E-state index contributed by atoms with van der Waals surface area (Å²) in [5, 5.41) is 2.98. The molecule has 194 valence electrons. The lowest BCUT2D eigenvalue weighted by atomic mass is 10.0. The van der Waals surface area contributed by atoms with Crippen molar-refractivity contribution >= 4 is 17.5 Å². The molecule has 0 radical (unpaired) electrons. The van der Waals surface area contributed by atoms with Crippen LogP contribution in [0.5, 0.6) is 0 Å². The lowest BCUT2D eigenvalue weighted by molar-refractivity contribution is -0.123. The van der Waals surface area contributed by atoms with E-state index < -0.39 is 11.9 Å². The van der Waals surface area contributed by atoms with Gasteiger partial charge in [0.15, 0.2) is 0 Å². The predicted molar refractivity (Wildman–Crippen MR) is 145 cm³/mol. The number of amides is 2. The van der Waals surface area contributed by atoms with Crippen molar-refractivity contribution in [2.45, 2.75) is 31.9 Å². The van der Waals surface area contributed by atoms with Crippen molar-refractivity contribution in [3.63, 3.8) is 0 Å². The molecule has 1 aromatic heterocycles. The Morgan fingerprint density at radius 3 is 2.53 bits per heavy atom. The van der Waals surface area contributed by atoms with Gasteiger partial charge in [-0.1, -0.05) is 54.6 Å². The number of hydrogen-bond donors (Lipinski definition) is 2. The molecular weight excluding hydrogens is 481 g/mol. The largest absolute Gasteiger partial charge is 0.376 e. The Morgan fingerprint density at radius 1 is 1.03 bits per heavy atom. The smallest absolute Gasteiger partial charge is 0.275 e. The van der Waals surface area contributed by atoms with E-state index in [2.05, 4.69) is 10.3 Å². The first kappa shape index (κ1) is 25.4. The maximum Gasteiger partial charge on any atom is 0.275 e. The Morgan fingerprint density at radius 2 is 1.82 bits per heavy atom. The molecular formula is C31H30FN3O3. The van der Waals surface area contributed by atoms with Gasteiger partial charge in [-0.25, -0.2) is 4.39 Å². The minimum atomic E-state index is -1.03. The van der Waals surface area contributed by atoms with Crippen molar-refractivity contribution in [1.82, 2.24) is 10.3 Å². The molecule has 0 saturated carbocycles. The van der Waals surface area contributed by atoms with Crippen LogP contribution in [0.2, 0.25) is 0 Å². The maximum absolute atomic E-state index is 14.2. The zero-order chi connectivity index (χ0) is 26.5. The number of nitrogens with zero attached hydrogens (tertiary/aromatic N) is 1. The normalized spacial score (nSPS) is 15.7. The number of hydrogen-bond acceptors (Lipinski definition) is 3. The zero-order valence-corrected chi connectivity index (χ0v) is 21.2. The third-order valence-corrected chi connectivity index (χ3v) is 6.72. The van der Waals surface area contributed by atoms with Gasteiger partial charge in [-0.3, -0.25) is 14.5 Å². The van der Waals surface area contributed by atoms with E-state index in [0.29, 0.717) is 30.1 Å². The van der Waals surface area contributed by atoms with E-state index in [9.17, 15) is 14.0 Å². The van der Waals surface area contributed by atoms with E-state index >= 15 is 0 Å². The number of carbonyl (C=O) groups excluding carboxylic acids is 2. The highest BCUT2D eigenvalue weighted by Crippen LogP contribution is 2.31. The number of nitrogens with one attached hydrogen (secondary N) is 2. The average molecular weight is 512 g/mol. The quantitative estimate of drug-likeness (QED) is 0.313. The summed E-state index contributed by atoms with van der Waals surface area (Å²) < 4.78 is 19.5. The van der Waals surface area contributed by atoms with E-state index in [-0.39, 0.29) is 17.9 Å². The van der Waals surface area contributed by atoms with Gasteiger partial charge in [-0.2, -0.15) is 0 Å². The highest BCUT2D eigenvalue weighted by atomic mass is 19.1. The van der Waals surface area contributed by atoms with Crippen LogP contribution in [-0.2, 0) is 9.53 Å².